The second kappa shape index (κ2) is 24.9. The van der Waals surface area contributed by atoms with Crippen LogP contribution >= 0.6 is 11.6 Å². The van der Waals surface area contributed by atoms with Crippen LogP contribution in [0.3, 0.4) is 0 Å². The van der Waals surface area contributed by atoms with E-state index in [4.69, 9.17) is 16.3 Å². The number of anilines is 3. The molecule has 5 N–H and O–H groups in total. The monoisotopic (exact) mass is 1210 g/mol. The van der Waals surface area contributed by atoms with Crippen molar-refractivity contribution >= 4 is 90.5 Å². The molecule has 5 amide bonds. The number of sulfonamides is 1. The number of carbonyl (C=O) groups excluding carboxylic acids is 5. The Morgan fingerprint density at radius 2 is 1.70 bits per heavy atom. The molecule has 0 bridgehead atoms. The number of aromatic amines is 1. The number of rotatable bonds is 22. The smallest absolute Gasteiger partial charge is 0.293 e. The summed E-state index contributed by atoms with van der Waals surface area (Å²) in [7, 11) is -4.68. The number of H-pyrrole nitrogens is 1. The van der Waals surface area contributed by atoms with Crippen molar-refractivity contribution in [2.45, 2.75) is 95.7 Å². The molecular formula is C61H64ClN13O10S. The Balaban J connectivity index is 0.685. The van der Waals surface area contributed by atoms with Crippen LogP contribution in [-0.4, -0.2) is 123 Å². The van der Waals surface area contributed by atoms with E-state index in [9.17, 15) is 42.5 Å². The number of unbranched alkanes of at least 4 members (excludes halogenated alkanes) is 3. The van der Waals surface area contributed by atoms with Gasteiger partial charge in [0.1, 0.15) is 34.6 Å². The van der Waals surface area contributed by atoms with Gasteiger partial charge >= 0.3 is 0 Å². The molecule has 23 nitrogen and oxygen atoms in total. The zero-order valence-corrected chi connectivity index (χ0v) is 49.0. The fourth-order valence-electron chi connectivity index (χ4n) is 11.5. The Morgan fingerprint density at radius 3 is 2.49 bits per heavy atom. The zero-order chi connectivity index (χ0) is 60.3. The number of aromatic nitrogens is 5. The van der Waals surface area contributed by atoms with Crippen molar-refractivity contribution in [3.63, 3.8) is 0 Å². The predicted octanol–water partition coefficient (Wildman–Crippen LogP) is 9.10. The van der Waals surface area contributed by atoms with E-state index < -0.39 is 61.1 Å². The second-order valence-electron chi connectivity index (χ2n) is 22.8. The molecule has 3 aromatic heterocycles. The first-order valence-corrected chi connectivity index (χ1v) is 30.5. The number of nitro benzene ring substituents is 1. The van der Waals surface area contributed by atoms with Gasteiger partial charge in [-0.25, -0.2) is 18.1 Å². The third-order valence-electron chi connectivity index (χ3n) is 16.2. The van der Waals surface area contributed by atoms with Gasteiger partial charge in [-0.15, -0.1) is 5.10 Å². The van der Waals surface area contributed by atoms with Gasteiger partial charge in [0, 0.05) is 92.3 Å². The standard InChI is InChI=1S/C61H64ClN13O10S/c1-61(2)22-20-40(48(33-61)38-10-12-41(62)13-11-38)36-71-26-28-72(29-27-71)43-14-16-46(53(31-43)85-44-30-39-21-24-64-56(39)66-35-44)57(77)69-86(83,84)45-15-17-49(52(32-45)75(81)82)65-34-42-37-73(70-68-42)25-6-4-3-5-23-63-50-9-7-8-47-55(50)60(80)74(59(47)79)51-18-19-54(76)67-58(51)78/h7-17,21,24,30-32,35,37,51,63,65H,3-6,18-20,22-23,25-29,33-34,36H2,1-2H3,(H,64,66)(H,69,77)(H,67,76,78). The highest BCUT2D eigenvalue weighted by Crippen LogP contribution is 2.44. The number of halogens is 1. The number of imide groups is 2. The van der Waals surface area contributed by atoms with Gasteiger partial charge in [0.25, 0.3) is 33.4 Å². The lowest BCUT2D eigenvalue weighted by atomic mass is 9.72. The van der Waals surface area contributed by atoms with Crippen molar-refractivity contribution in [1.82, 2.24) is 44.8 Å². The molecule has 0 spiro atoms. The van der Waals surface area contributed by atoms with Gasteiger partial charge in [-0.05, 0) is 116 Å². The third kappa shape index (κ3) is 13.1. The van der Waals surface area contributed by atoms with Crippen LogP contribution in [0.15, 0.2) is 120 Å². The maximum atomic E-state index is 14.1. The molecule has 7 aromatic rings. The summed E-state index contributed by atoms with van der Waals surface area (Å²) < 4.78 is 38.0. The summed E-state index contributed by atoms with van der Waals surface area (Å²) in [4.78, 5) is 89.2. The molecule has 4 aliphatic rings. The first-order valence-electron chi connectivity index (χ1n) is 28.6. The number of aryl methyl sites for hydroxylation is 1. The van der Waals surface area contributed by atoms with E-state index in [0.717, 1.165) is 86.6 Å². The number of piperazine rings is 1. The van der Waals surface area contributed by atoms with Gasteiger partial charge in [-0.2, -0.15) is 0 Å². The number of hydrogen-bond donors (Lipinski definition) is 5. The molecular weight excluding hydrogens is 1140 g/mol. The lowest BCUT2D eigenvalue weighted by Crippen LogP contribution is -2.54. The summed E-state index contributed by atoms with van der Waals surface area (Å²) >= 11 is 6.27. The molecule has 4 aromatic carbocycles. The molecule has 1 atom stereocenters. The number of ether oxygens (including phenoxy) is 1. The van der Waals surface area contributed by atoms with E-state index in [0.29, 0.717) is 54.0 Å². The fraction of sp³-hybridized carbons (Fsp3) is 0.344. The number of piperidine rings is 1. The van der Waals surface area contributed by atoms with E-state index in [1.54, 1.807) is 53.5 Å². The Kier molecular flexibility index (Phi) is 17.0. The first-order chi connectivity index (χ1) is 41.4. The van der Waals surface area contributed by atoms with Gasteiger partial charge < -0.3 is 25.3 Å². The Labute approximate surface area is 500 Å². The Hall–Kier alpha value is -9.00. The maximum absolute atomic E-state index is 14.1. The summed E-state index contributed by atoms with van der Waals surface area (Å²) in [6.07, 6.45) is 11.4. The topological polar surface area (TPSA) is 289 Å². The van der Waals surface area contributed by atoms with E-state index in [-0.39, 0.29) is 52.9 Å². The average molecular weight is 1210 g/mol. The predicted molar refractivity (Wildman–Crippen MR) is 322 cm³/mol. The summed E-state index contributed by atoms with van der Waals surface area (Å²) in [5.41, 5.74) is 6.41. The molecule has 1 unspecified atom stereocenters. The summed E-state index contributed by atoms with van der Waals surface area (Å²) in [6, 6.07) is 23.9. The number of amides is 5. The summed E-state index contributed by atoms with van der Waals surface area (Å²) in [5.74, 6) is -2.86. The summed E-state index contributed by atoms with van der Waals surface area (Å²) in [5, 5.41) is 30.7. The van der Waals surface area contributed by atoms with Crippen molar-refractivity contribution in [1.29, 1.82) is 0 Å². The number of fused-ring (bicyclic) bond motifs is 2. The van der Waals surface area contributed by atoms with E-state index in [2.05, 4.69) is 76.7 Å². The van der Waals surface area contributed by atoms with Crippen molar-refractivity contribution in [3.8, 4) is 11.5 Å². The number of nitro groups is 1. The highest BCUT2D eigenvalue weighted by Gasteiger charge is 2.45. The van der Waals surface area contributed by atoms with Crippen LogP contribution in [0, 0.1) is 15.5 Å². The molecule has 11 rings (SSSR count). The average Bonchev–Trinajstić information content (AvgIpc) is 1.79. The highest BCUT2D eigenvalue weighted by molar-refractivity contribution is 7.90. The number of hydrogen-bond acceptors (Lipinski definition) is 17. The van der Waals surface area contributed by atoms with Crippen LogP contribution in [0.2, 0.25) is 5.02 Å². The maximum Gasteiger partial charge on any atom is 0.293 e. The van der Waals surface area contributed by atoms with Gasteiger partial charge in [0.15, 0.2) is 0 Å². The van der Waals surface area contributed by atoms with Gasteiger partial charge in [-0.3, -0.25) is 53.9 Å². The largest absolute Gasteiger partial charge is 0.455 e. The normalized spacial score (nSPS) is 17.2. The van der Waals surface area contributed by atoms with Crippen LogP contribution < -0.4 is 30.3 Å². The molecule has 2 saturated heterocycles. The zero-order valence-electron chi connectivity index (χ0n) is 47.4. The minimum atomic E-state index is -4.68. The van der Waals surface area contributed by atoms with E-state index >= 15 is 0 Å². The molecule has 2 fully saturated rings. The molecule has 0 saturated carbocycles. The molecule has 1 aliphatic carbocycles. The third-order valence-corrected chi connectivity index (χ3v) is 17.8. The number of nitrogens with one attached hydrogen (secondary N) is 5. The molecule has 25 heteroatoms. The highest BCUT2D eigenvalue weighted by atomic mass is 35.5. The van der Waals surface area contributed by atoms with Gasteiger partial charge in [0.05, 0.1) is 45.4 Å². The minimum Gasteiger partial charge on any atom is -0.455 e. The number of nitrogens with zero attached hydrogens (tertiary/aromatic N) is 8. The van der Waals surface area contributed by atoms with Crippen LogP contribution in [0.1, 0.15) is 114 Å². The van der Waals surface area contributed by atoms with E-state index in [1.165, 1.54) is 41.1 Å². The lowest BCUT2D eigenvalue weighted by molar-refractivity contribution is -0.384. The Bertz CT molecular complexity index is 3950. The van der Waals surface area contributed by atoms with Crippen molar-refractivity contribution in [3.05, 3.63) is 158 Å². The molecule has 0 radical (unpaired) electrons. The van der Waals surface area contributed by atoms with Crippen molar-refractivity contribution in [2.75, 3.05) is 54.8 Å². The van der Waals surface area contributed by atoms with Crippen LogP contribution in [0.25, 0.3) is 16.6 Å². The van der Waals surface area contributed by atoms with Crippen molar-refractivity contribution in [2.24, 2.45) is 5.41 Å². The van der Waals surface area contributed by atoms with Crippen LogP contribution in [0.4, 0.5) is 22.7 Å². The molecule has 86 heavy (non-hydrogen) atoms. The lowest BCUT2D eigenvalue weighted by Gasteiger charge is -2.39. The number of pyridine rings is 1. The number of carbonyl (C=O) groups is 5. The Morgan fingerprint density at radius 1 is 0.895 bits per heavy atom. The molecule has 446 valence electrons. The van der Waals surface area contributed by atoms with Gasteiger partial charge in [0.2, 0.25) is 11.8 Å². The quantitative estimate of drug-likeness (QED) is 0.0183. The SMILES string of the molecule is CC1(C)CCC(CN2CCN(c3ccc(C(=O)NS(=O)(=O)c4ccc(NCc5cn(CCCCCCNc6cccc7c6C(=O)N(C6CCC(=O)NC6=O)C7=O)nn5)c([N+](=O)[O-])c4)c(Oc4cnc5[nH]ccc5c4)c3)CC2)=C(c2ccc(Cl)cc2)C1. The van der Waals surface area contributed by atoms with E-state index in [1.807, 2.05) is 18.2 Å². The number of allylic oxidation sites excluding steroid dienone is 1. The fourth-order valence-corrected chi connectivity index (χ4v) is 12.7. The van der Waals surface area contributed by atoms with Crippen molar-refractivity contribution < 1.29 is 42.1 Å². The molecule has 3 aliphatic heterocycles. The van der Waals surface area contributed by atoms with Crippen LogP contribution in [0.5, 0.6) is 11.5 Å². The van der Waals surface area contributed by atoms with Gasteiger partial charge in [-0.1, -0.05) is 67.3 Å². The van der Waals surface area contributed by atoms with Crippen LogP contribution in [-0.2, 0) is 32.7 Å². The summed E-state index contributed by atoms with van der Waals surface area (Å²) in [6.45, 7) is 9.54. The number of benzene rings is 4. The minimum absolute atomic E-state index is 0.0180. The second-order valence-corrected chi connectivity index (χ2v) is 24.9. The molecule has 6 heterocycles. The first kappa shape index (κ1) is 58.8.